The molecule has 25 heavy (non-hydrogen) atoms. The normalized spacial score (nSPS) is 35.0. The van der Waals surface area contributed by atoms with E-state index in [0.29, 0.717) is 41.0 Å². The molecule has 5 atom stereocenters. The van der Waals surface area contributed by atoms with E-state index in [0.717, 1.165) is 25.7 Å². The zero-order valence-electron chi connectivity index (χ0n) is 17.2. The minimum Gasteiger partial charge on any atom is -0.466 e. The van der Waals surface area contributed by atoms with Crippen molar-refractivity contribution in [2.45, 2.75) is 86.5 Å². The Bertz CT molecular complexity index is 496. The van der Waals surface area contributed by atoms with E-state index in [1.165, 1.54) is 26.2 Å². The zero-order chi connectivity index (χ0) is 18.8. The van der Waals surface area contributed by atoms with Crippen molar-refractivity contribution < 1.29 is 14.3 Å². The molecule has 0 radical (unpaired) electrons. The Balaban J connectivity index is 2.03. The molecule has 0 aromatic carbocycles. The Hall–Kier alpha value is -0.860. The molecule has 0 saturated heterocycles. The van der Waals surface area contributed by atoms with Crippen LogP contribution in [0.5, 0.6) is 0 Å². The van der Waals surface area contributed by atoms with E-state index < -0.39 is 0 Å². The summed E-state index contributed by atoms with van der Waals surface area (Å²) in [5.41, 5.74) is 0.671. The number of fused-ring (bicyclic) bond motifs is 1. The monoisotopic (exact) mass is 350 g/mol. The standard InChI is InChI=1S/C22H38O3/c1-15(10-13-25-17(3)24)8-9-19-18(16(2)23)14-20-21(4,5)11-7-12-22(19,20)6/h15,18-20H,7-14H2,1-6H3/t15-,18?,19?,20-,22+/m0/s1. The molecule has 2 rings (SSSR count). The summed E-state index contributed by atoms with van der Waals surface area (Å²) in [7, 11) is 0. The Labute approximate surface area is 154 Å². The second-order valence-electron chi connectivity index (χ2n) is 9.77. The minimum atomic E-state index is -0.195. The first-order chi connectivity index (χ1) is 11.6. The maximum absolute atomic E-state index is 12.4. The van der Waals surface area contributed by atoms with Gasteiger partial charge in [-0.3, -0.25) is 9.59 Å². The Kier molecular flexibility index (Phi) is 6.38. The lowest BCUT2D eigenvalue weighted by atomic mass is 9.55. The molecule has 0 spiro atoms. The molecule has 3 heteroatoms. The fourth-order valence-corrected chi connectivity index (χ4v) is 6.07. The molecular formula is C22H38O3. The lowest BCUT2D eigenvalue weighted by Crippen LogP contribution is -2.42. The maximum Gasteiger partial charge on any atom is 0.302 e. The van der Waals surface area contributed by atoms with E-state index in [2.05, 4.69) is 27.7 Å². The van der Waals surface area contributed by atoms with Crippen LogP contribution >= 0.6 is 0 Å². The predicted molar refractivity (Wildman–Crippen MR) is 101 cm³/mol. The van der Waals surface area contributed by atoms with Crippen molar-refractivity contribution in [1.29, 1.82) is 0 Å². The van der Waals surface area contributed by atoms with E-state index >= 15 is 0 Å². The van der Waals surface area contributed by atoms with Crippen LogP contribution in [0, 0.1) is 34.5 Å². The van der Waals surface area contributed by atoms with Crippen LogP contribution in [0.2, 0.25) is 0 Å². The average molecular weight is 351 g/mol. The fraction of sp³-hybridized carbons (Fsp3) is 0.909. The van der Waals surface area contributed by atoms with Crippen molar-refractivity contribution in [3.63, 3.8) is 0 Å². The van der Waals surface area contributed by atoms with Crippen LogP contribution in [-0.4, -0.2) is 18.4 Å². The van der Waals surface area contributed by atoms with Crippen LogP contribution in [0.1, 0.15) is 86.5 Å². The van der Waals surface area contributed by atoms with Crippen LogP contribution < -0.4 is 0 Å². The average Bonchev–Trinajstić information content (AvgIpc) is 2.78. The summed E-state index contributed by atoms with van der Waals surface area (Å²) in [6.45, 7) is 13.3. The molecule has 144 valence electrons. The molecule has 0 aromatic heterocycles. The summed E-state index contributed by atoms with van der Waals surface area (Å²) in [6.07, 6.45) is 8.13. The number of ether oxygens (including phenoxy) is 1. The number of carbonyl (C=O) groups excluding carboxylic acids is 2. The molecule has 3 nitrogen and oxygen atoms in total. The first-order valence-corrected chi connectivity index (χ1v) is 10.2. The molecule has 2 unspecified atom stereocenters. The van der Waals surface area contributed by atoms with Gasteiger partial charge in [-0.25, -0.2) is 0 Å². The number of rotatable bonds is 7. The highest BCUT2D eigenvalue weighted by Crippen LogP contribution is 2.64. The molecule has 0 bridgehead atoms. The molecule has 2 fully saturated rings. The van der Waals surface area contributed by atoms with Gasteiger partial charge < -0.3 is 4.74 Å². The highest BCUT2D eigenvalue weighted by atomic mass is 16.5. The number of ketones is 1. The van der Waals surface area contributed by atoms with Crippen LogP contribution in [0.4, 0.5) is 0 Å². The van der Waals surface area contributed by atoms with Gasteiger partial charge in [0.05, 0.1) is 6.61 Å². The molecule has 0 aliphatic heterocycles. The second-order valence-corrected chi connectivity index (χ2v) is 9.77. The van der Waals surface area contributed by atoms with Crippen LogP contribution in [0.3, 0.4) is 0 Å². The summed E-state index contributed by atoms with van der Waals surface area (Å²) >= 11 is 0. The van der Waals surface area contributed by atoms with Crippen LogP contribution in [0.25, 0.3) is 0 Å². The molecule has 0 heterocycles. The lowest BCUT2D eigenvalue weighted by molar-refractivity contribution is -0.141. The number of hydrogen-bond acceptors (Lipinski definition) is 3. The highest BCUT2D eigenvalue weighted by molar-refractivity contribution is 5.79. The van der Waals surface area contributed by atoms with Crippen molar-refractivity contribution in [1.82, 2.24) is 0 Å². The predicted octanol–water partition coefficient (Wildman–Crippen LogP) is 5.41. The molecule has 0 aromatic rings. The van der Waals surface area contributed by atoms with Gasteiger partial charge in [0.15, 0.2) is 0 Å². The van der Waals surface area contributed by atoms with Crippen LogP contribution in [-0.2, 0) is 14.3 Å². The van der Waals surface area contributed by atoms with Crippen molar-refractivity contribution in [2.75, 3.05) is 6.61 Å². The van der Waals surface area contributed by atoms with Crippen molar-refractivity contribution in [3.05, 3.63) is 0 Å². The first kappa shape index (κ1) is 20.5. The molecule has 0 N–H and O–H groups in total. The van der Waals surface area contributed by atoms with Gasteiger partial charge in [-0.1, -0.05) is 40.5 Å². The Morgan fingerprint density at radius 1 is 1.12 bits per heavy atom. The van der Waals surface area contributed by atoms with Crippen molar-refractivity contribution in [3.8, 4) is 0 Å². The Morgan fingerprint density at radius 3 is 2.40 bits per heavy atom. The molecule has 2 saturated carbocycles. The molecule has 2 aliphatic rings. The quantitative estimate of drug-likeness (QED) is 0.576. The highest BCUT2D eigenvalue weighted by Gasteiger charge is 2.58. The maximum atomic E-state index is 12.4. The van der Waals surface area contributed by atoms with Crippen molar-refractivity contribution in [2.24, 2.45) is 34.5 Å². The summed E-state index contributed by atoms with van der Waals surface area (Å²) in [4.78, 5) is 23.3. The second kappa shape index (κ2) is 7.80. The fourth-order valence-electron chi connectivity index (χ4n) is 6.07. The third-order valence-corrected chi connectivity index (χ3v) is 7.51. The third-order valence-electron chi connectivity index (χ3n) is 7.51. The number of esters is 1. The van der Waals surface area contributed by atoms with Gasteiger partial charge in [-0.2, -0.15) is 0 Å². The van der Waals surface area contributed by atoms with Crippen LogP contribution in [0.15, 0.2) is 0 Å². The van der Waals surface area contributed by atoms with Crippen molar-refractivity contribution >= 4 is 11.8 Å². The van der Waals surface area contributed by atoms with E-state index in [9.17, 15) is 9.59 Å². The third kappa shape index (κ3) is 4.46. The molecule has 2 aliphatic carbocycles. The largest absolute Gasteiger partial charge is 0.466 e. The SMILES string of the molecule is CC(=O)OCC[C@@H](C)CCC1C(C(C)=O)C[C@H]2C(C)(C)CCC[C@]12C. The minimum absolute atomic E-state index is 0.195. The van der Waals surface area contributed by atoms with E-state index in [1.54, 1.807) is 6.92 Å². The number of Topliss-reactive ketones (excluding diaryl/α,β-unsaturated/α-hetero) is 1. The summed E-state index contributed by atoms with van der Waals surface area (Å²) < 4.78 is 5.08. The van der Waals surface area contributed by atoms with Gasteiger partial charge in [-0.05, 0) is 67.6 Å². The van der Waals surface area contributed by atoms with Gasteiger partial charge in [0.1, 0.15) is 5.78 Å². The van der Waals surface area contributed by atoms with E-state index in [4.69, 9.17) is 4.74 Å². The topological polar surface area (TPSA) is 43.4 Å². The summed E-state index contributed by atoms with van der Waals surface area (Å²) in [6, 6.07) is 0. The zero-order valence-corrected chi connectivity index (χ0v) is 17.2. The van der Waals surface area contributed by atoms with Gasteiger partial charge >= 0.3 is 5.97 Å². The molecular weight excluding hydrogens is 312 g/mol. The first-order valence-electron chi connectivity index (χ1n) is 10.2. The Morgan fingerprint density at radius 2 is 1.80 bits per heavy atom. The van der Waals surface area contributed by atoms with E-state index in [-0.39, 0.29) is 11.9 Å². The summed E-state index contributed by atoms with van der Waals surface area (Å²) in [5, 5.41) is 0. The number of carbonyl (C=O) groups is 2. The molecule has 0 amide bonds. The van der Waals surface area contributed by atoms with Gasteiger partial charge in [0.2, 0.25) is 0 Å². The van der Waals surface area contributed by atoms with Gasteiger partial charge in [0.25, 0.3) is 0 Å². The smallest absolute Gasteiger partial charge is 0.302 e. The number of hydrogen-bond donors (Lipinski definition) is 0. The van der Waals surface area contributed by atoms with E-state index in [1.807, 2.05) is 0 Å². The van der Waals surface area contributed by atoms with Gasteiger partial charge in [-0.15, -0.1) is 0 Å². The van der Waals surface area contributed by atoms with Gasteiger partial charge in [0, 0.05) is 12.8 Å². The summed E-state index contributed by atoms with van der Waals surface area (Å²) in [5.74, 6) is 2.16. The lowest BCUT2D eigenvalue weighted by Gasteiger charge is -2.50.